The number of nitrogens with zero attached hydrogens (tertiary/aromatic N) is 1. The minimum atomic E-state index is -3.12. The fourth-order valence-corrected chi connectivity index (χ4v) is 6.11. The molecule has 2 atom stereocenters. The first-order chi connectivity index (χ1) is 10.00. The summed E-state index contributed by atoms with van der Waals surface area (Å²) in [6.45, 7) is 4.74. The first-order valence-electron chi connectivity index (χ1n) is 7.67. The van der Waals surface area contributed by atoms with E-state index in [0.29, 0.717) is 45.9 Å². The predicted octanol–water partition coefficient (Wildman–Crippen LogP) is 0.0751. The lowest BCUT2D eigenvalue weighted by molar-refractivity contribution is -0.142. The Morgan fingerprint density at radius 1 is 1.38 bits per heavy atom. The molecule has 0 unspecified atom stereocenters. The summed E-state index contributed by atoms with van der Waals surface area (Å²) in [4.78, 5) is 14.0. The van der Waals surface area contributed by atoms with Gasteiger partial charge in [0.1, 0.15) is 4.75 Å². The molecule has 0 aromatic carbocycles. The first kappa shape index (κ1) is 15.2. The van der Waals surface area contributed by atoms with Crippen LogP contribution in [0.4, 0.5) is 0 Å². The molecule has 21 heavy (non-hydrogen) atoms. The Balaban J connectivity index is 1.68. The van der Waals surface area contributed by atoms with Gasteiger partial charge in [0.05, 0.1) is 24.9 Å². The van der Waals surface area contributed by atoms with Crippen LogP contribution in [0.1, 0.15) is 19.8 Å². The minimum absolute atomic E-state index is 0.0197. The molecule has 3 fully saturated rings. The summed E-state index contributed by atoms with van der Waals surface area (Å²) >= 11 is 0. The Bertz CT molecular complexity index is 505. The summed E-state index contributed by atoms with van der Waals surface area (Å²) < 4.78 is 34.8. The number of ether oxygens (including phenoxy) is 2. The van der Waals surface area contributed by atoms with E-state index in [1.807, 2.05) is 6.92 Å². The molecule has 3 rings (SSSR count). The number of sulfone groups is 1. The fraction of sp³-hybridized carbons (Fsp3) is 0.929. The molecule has 0 aliphatic carbocycles. The van der Waals surface area contributed by atoms with Crippen molar-refractivity contribution in [1.29, 1.82) is 0 Å². The van der Waals surface area contributed by atoms with Crippen molar-refractivity contribution in [2.24, 2.45) is 11.8 Å². The van der Waals surface area contributed by atoms with Gasteiger partial charge in [-0.2, -0.15) is 0 Å². The molecule has 120 valence electrons. The van der Waals surface area contributed by atoms with E-state index in [4.69, 9.17) is 9.47 Å². The van der Waals surface area contributed by atoms with Gasteiger partial charge in [0.15, 0.2) is 9.84 Å². The van der Waals surface area contributed by atoms with Crippen molar-refractivity contribution in [2.45, 2.75) is 24.5 Å². The van der Waals surface area contributed by atoms with Crippen LogP contribution in [0.2, 0.25) is 0 Å². The zero-order chi connectivity index (χ0) is 15.1. The van der Waals surface area contributed by atoms with Crippen LogP contribution in [0.5, 0.6) is 0 Å². The van der Waals surface area contributed by atoms with Crippen molar-refractivity contribution >= 4 is 15.7 Å². The zero-order valence-electron chi connectivity index (χ0n) is 12.4. The van der Waals surface area contributed by atoms with Crippen molar-refractivity contribution in [3.05, 3.63) is 0 Å². The van der Waals surface area contributed by atoms with Crippen LogP contribution < -0.4 is 0 Å². The van der Waals surface area contributed by atoms with E-state index >= 15 is 0 Å². The lowest BCUT2D eigenvalue weighted by Crippen LogP contribution is -2.69. The molecule has 1 spiro atoms. The number of hydrogen-bond acceptors (Lipinski definition) is 5. The Labute approximate surface area is 125 Å². The molecule has 0 aromatic heterocycles. The normalized spacial score (nSPS) is 33.3. The van der Waals surface area contributed by atoms with E-state index in [1.54, 1.807) is 4.90 Å². The van der Waals surface area contributed by atoms with Gasteiger partial charge in [-0.05, 0) is 19.8 Å². The highest BCUT2D eigenvalue weighted by atomic mass is 32.2. The molecule has 0 N–H and O–H groups in total. The second kappa shape index (κ2) is 5.52. The predicted molar refractivity (Wildman–Crippen MR) is 76.6 cm³/mol. The van der Waals surface area contributed by atoms with E-state index < -0.39 is 14.6 Å². The molecule has 3 aliphatic heterocycles. The third kappa shape index (κ3) is 2.39. The highest BCUT2D eigenvalue weighted by molar-refractivity contribution is 7.93. The number of amides is 1. The van der Waals surface area contributed by atoms with Gasteiger partial charge in [0.25, 0.3) is 0 Å². The monoisotopic (exact) mass is 317 g/mol. The summed E-state index contributed by atoms with van der Waals surface area (Å²) in [6.07, 6.45) is 1.40. The molecule has 0 aromatic rings. The summed E-state index contributed by atoms with van der Waals surface area (Å²) in [5, 5.41) is 0. The number of carbonyl (C=O) groups is 1. The van der Waals surface area contributed by atoms with Crippen LogP contribution >= 0.6 is 0 Å². The molecular formula is C14H23NO5S. The zero-order valence-corrected chi connectivity index (χ0v) is 13.2. The fourth-order valence-electron chi connectivity index (χ4n) is 3.71. The molecule has 6 nitrogen and oxygen atoms in total. The van der Waals surface area contributed by atoms with Crippen LogP contribution in [-0.4, -0.2) is 69.2 Å². The Morgan fingerprint density at radius 2 is 2.14 bits per heavy atom. The molecule has 0 bridgehead atoms. The first-order valence-corrected chi connectivity index (χ1v) is 9.32. The standard InChI is InChI=1S/C14H23NO5S/c1-2-19-8-12-4-6-21(17,18)14(12)9-15(10-14)13(16)11-3-5-20-7-11/h11-12H,2-10H2,1H3/t11-,12+/m0/s1. The Morgan fingerprint density at radius 3 is 2.76 bits per heavy atom. The molecule has 3 aliphatic rings. The molecule has 0 saturated carbocycles. The molecular weight excluding hydrogens is 294 g/mol. The van der Waals surface area contributed by atoms with Gasteiger partial charge in [-0.1, -0.05) is 0 Å². The van der Waals surface area contributed by atoms with Gasteiger partial charge < -0.3 is 14.4 Å². The molecule has 7 heteroatoms. The molecule has 1 amide bonds. The summed E-state index contributed by atoms with van der Waals surface area (Å²) in [5.74, 6) is 0.206. The van der Waals surface area contributed by atoms with Crippen molar-refractivity contribution < 1.29 is 22.7 Å². The van der Waals surface area contributed by atoms with Gasteiger partial charge in [-0.15, -0.1) is 0 Å². The van der Waals surface area contributed by atoms with E-state index in [9.17, 15) is 13.2 Å². The highest BCUT2D eigenvalue weighted by Crippen LogP contribution is 2.45. The van der Waals surface area contributed by atoms with E-state index in [1.165, 1.54) is 0 Å². The SMILES string of the molecule is CCOC[C@H]1CCS(=O)(=O)C12CN(C(=O)[C@H]1CCOC1)C2. The van der Waals surface area contributed by atoms with Crippen LogP contribution in [0, 0.1) is 11.8 Å². The summed E-state index contributed by atoms with van der Waals surface area (Å²) in [6, 6.07) is 0. The molecule has 3 saturated heterocycles. The average molecular weight is 317 g/mol. The van der Waals surface area contributed by atoms with Crippen molar-refractivity contribution in [3.8, 4) is 0 Å². The largest absolute Gasteiger partial charge is 0.381 e. The smallest absolute Gasteiger partial charge is 0.228 e. The van der Waals surface area contributed by atoms with Crippen molar-refractivity contribution in [1.82, 2.24) is 4.90 Å². The van der Waals surface area contributed by atoms with Gasteiger partial charge >= 0.3 is 0 Å². The second-order valence-corrected chi connectivity index (χ2v) is 8.73. The third-order valence-corrected chi connectivity index (χ3v) is 7.73. The van der Waals surface area contributed by atoms with Crippen LogP contribution in [0.15, 0.2) is 0 Å². The van der Waals surface area contributed by atoms with E-state index in [2.05, 4.69) is 0 Å². The van der Waals surface area contributed by atoms with Gasteiger partial charge in [-0.25, -0.2) is 8.42 Å². The molecule has 0 radical (unpaired) electrons. The summed E-state index contributed by atoms with van der Waals surface area (Å²) in [5.41, 5.74) is 0. The maximum Gasteiger partial charge on any atom is 0.228 e. The van der Waals surface area contributed by atoms with E-state index in [0.717, 1.165) is 6.42 Å². The number of hydrogen-bond donors (Lipinski definition) is 0. The quantitative estimate of drug-likeness (QED) is 0.734. The maximum atomic E-state index is 12.4. The van der Waals surface area contributed by atoms with Crippen molar-refractivity contribution in [2.75, 3.05) is 45.3 Å². The molecule has 3 heterocycles. The van der Waals surface area contributed by atoms with Gasteiger partial charge in [0, 0.05) is 32.2 Å². The number of likely N-dealkylation sites (tertiary alicyclic amines) is 1. The highest BCUT2D eigenvalue weighted by Gasteiger charge is 2.62. The average Bonchev–Trinajstić information content (AvgIpc) is 3.00. The Kier molecular flexibility index (Phi) is 4.00. The van der Waals surface area contributed by atoms with Crippen LogP contribution in [0.3, 0.4) is 0 Å². The van der Waals surface area contributed by atoms with Gasteiger partial charge in [-0.3, -0.25) is 4.79 Å². The van der Waals surface area contributed by atoms with E-state index in [-0.39, 0.29) is 23.5 Å². The topological polar surface area (TPSA) is 72.9 Å². The Hall–Kier alpha value is -0.660. The van der Waals surface area contributed by atoms with Gasteiger partial charge in [0.2, 0.25) is 5.91 Å². The second-order valence-electron chi connectivity index (χ2n) is 6.28. The third-order valence-electron chi connectivity index (χ3n) is 5.13. The lowest BCUT2D eigenvalue weighted by Gasteiger charge is -2.50. The van der Waals surface area contributed by atoms with Crippen molar-refractivity contribution in [3.63, 3.8) is 0 Å². The maximum absolute atomic E-state index is 12.4. The van der Waals surface area contributed by atoms with Crippen LogP contribution in [-0.2, 0) is 24.1 Å². The lowest BCUT2D eigenvalue weighted by atomic mass is 9.83. The summed E-state index contributed by atoms with van der Waals surface area (Å²) in [7, 11) is -3.12. The number of carbonyl (C=O) groups excluding carboxylic acids is 1. The van der Waals surface area contributed by atoms with Crippen LogP contribution in [0.25, 0.3) is 0 Å². The minimum Gasteiger partial charge on any atom is -0.381 e. The number of rotatable bonds is 4.